The van der Waals surface area contributed by atoms with Crippen molar-refractivity contribution in [2.75, 3.05) is 0 Å². The maximum atomic E-state index is 13.9. The third kappa shape index (κ3) is 3.91. The standard InChI is InChI=1S/C25H24N4O4/c1-26-14-15-29(16-26)21(22(30)18-12-8-5-9-13-18)19(17-10-6-4-7-11-17)20-23(31)27(2)25(33)28(3)24(20)32/h4-16,19,21H,1-3H3. The van der Waals surface area contributed by atoms with Crippen LogP contribution in [0.25, 0.3) is 0 Å². The molecular formula is C25H24N4O4. The van der Waals surface area contributed by atoms with Crippen molar-refractivity contribution < 1.29 is 14.5 Å². The average Bonchev–Trinajstić information content (AvgIpc) is 3.27. The Hall–Kier alpha value is -4.20. The first kappa shape index (κ1) is 22.0. The first-order valence-corrected chi connectivity index (χ1v) is 10.4. The van der Waals surface area contributed by atoms with E-state index >= 15 is 0 Å². The van der Waals surface area contributed by atoms with E-state index in [-0.39, 0.29) is 11.3 Å². The SMILES string of the molecule is Cn1c([O-])c(C(c2ccccc2)C(C(=O)c2ccccc2)n2cc[n+](C)c2)c(=O)n(C)c1=O. The predicted molar refractivity (Wildman–Crippen MR) is 120 cm³/mol. The Morgan fingerprint density at radius 1 is 0.939 bits per heavy atom. The van der Waals surface area contributed by atoms with Crippen LogP contribution in [0.2, 0.25) is 0 Å². The smallest absolute Gasteiger partial charge is 0.329 e. The number of aromatic nitrogens is 4. The van der Waals surface area contributed by atoms with Crippen molar-refractivity contribution in [2.24, 2.45) is 21.1 Å². The van der Waals surface area contributed by atoms with E-state index in [1.165, 1.54) is 14.1 Å². The van der Waals surface area contributed by atoms with Gasteiger partial charge in [-0.05, 0) is 11.4 Å². The van der Waals surface area contributed by atoms with E-state index in [4.69, 9.17) is 0 Å². The topological polar surface area (TPSA) is 92.9 Å². The van der Waals surface area contributed by atoms with Crippen molar-refractivity contribution in [2.45, 2.75) is 12.0 Å². The molecule has 0 aliphatic carbocycles. The maximum absolute atomic E-state index is 13.9. The normalized spacial score (nSPS) is 12.9. The summed E-state index contributed by atoms with van der Waals surface area (Å²) in [6, 6.07) is 16.8. The highest BCUT2D eigenvalue weighted by Crippen LogP contribution is 2.38. The predicted octanol–water partition coefficient (Wildman–Crippen LogP) is 1.04. The second kappa shape index (κ2) is 8.74. The van der Waals surface area contributed by atoms with Crippen molar-refractivity contribution in [3.63, 3.8) is 0 Å². The van der Waals surface area contributed by atoms with Gasteiger partial charge in [0.2, 0.25) is 12.1 Å². The van der Waals surface area contributed by atoms with Gasteiger partial charge in [-0.3, -0.25) is 14.2 Å². The lowest BCUT2D eigenvalue weighted by atomic mass is 9.82. The molecule has 2 heterocycles. The van der Waals surface area contributed by atoms with Crippen LogP contribution in [-0.2, 0) is 21.1 Å². The molecule has 0 N–H and O–H groups in total. The van der Waals surface area contributed by atoms with Crippen molar-refractivity contribution in [1.82, 2.24) is 13.7 Å². The number of aryl methyl sites for hydroxylation is 1. The number of imidazole rings is 1. The van der Waals surface area contributed by atoms with Gasteiger partial charge in [-0.15, -0.1) is 0 Å². The van der Waals surface area contributed by atoms with Crippen LogP contribution in [0.3, 0.4) is 0 Å². The fourth-order valence-corrected chi connectivity index (χ4v) is 4.15. The van der Waals surface area contributed by atoms with Gasteiger partial charge < -0.3 is 9.67 Å². The number of hydrogen-bond donors (Lipinski definition) is 0. The van der Waals surface area contributed by atoms with Crippen LogP contribution < -0.4 is 20.9 Å². The minimum absolute atomic E-state index is 0.128. The molecule has 33 heavy (non-hydrogen) atoms. The largest absolute Gasteiger partial charge is 0.860 e. The summed E-state index contributed by atoms with van der Waals surface area (Å²) in [4.78, 5) is 39.6. The molecule has 0 radical (unpaired) electrons. The van der Waals surface area contributed by atoms with Gasteiger partial charge in [0.15, 0.2) is 6.04 Å². The lowest BCUT2D eigenvalue weighted by molar-refractivity contribution is -0.671. The van der Waals surface area contributed by atoms with Crippen LogP contribution in [0.1, 0.15) is 33.4 Å². The van der Waals surface area contributed by atoms with Crippen LogP contribution in [-0.4, -0.2) is 19.5 Å². The fourth-order valence-electron chi connectivity index (χ4n) is 4.15. The zero-order chi connectivity index (χ0) is 23.7. The van der Waals surface area contributed by atoms with Gasteiger partial charge in [0.1, 0.15) is 12.4 Å². The molecule has 8 nitrogen and oxygen atoms in total. The monoisotopic (exact) mass is 444 g/mol. The molecule has 2 unspecified atom stereocenters. The van der Waals surface area contributed by atoms with E-state index in [0.717, 1.165) is 9.13 Å². The number of nitrogens with zero attached hydrogens (tertiary/aromatic N) is 4. The molecular weight excluding hydrogens is 420 g/mol. The average molecular weight is 444 g/mol. The summed E-state index contributed by atoms with van der Waals surface area (Å²) in [5.41, 5.74) is -0.473. The molecule has 0 saturated carbocycles. The molecule has 2 aromatic heterocycles. The fraction of sp³-hybridized carbons (Fsp3) is 0.200. The minimum Gasteiger partial charge on any atom is -0.860 e. The van der Waals surface area contributed by atoms with E-state index < -0.39 is 29.1 Å². The lowest BCUT2D eigenvalue weighted by Gasteiger charge is -2.29. The van der Waals surface area contributed by atoms with E-state index in [9.17, 15) is 19.5 Å². The molecule has 0 amide bonds. The summed E-state index contributed by atoms with van der Waals surface area (Å²) < 4.78 is 5.31. The van der Waals surface area contributed by atoms with Crippen LogP contribution in [0.4, 0.5) is 0 Å². The highest BCUT2D eigenvalue weighted by atomic mass is 16.3. The molecule has 8 heteroatoms. The summed E-state index contributed by atoms with van der Waals surface area (Å²) in [6.45, 7) is 0. The molecule has 4 aromatic rings. The summed E-state index contributed by atoms with van der Waals surface area (Å²) in [5, 5.41) is 13.3. The first-order valence-electron chi connectivity index (χ1n) is 10.4. The second-order valence-electron chi connectivity index (χ2n) is 8.01. The molecule has 2 atom stereocenters. The van der Waals surface area contributed by atoms with Gasteiger partial charge in [-0.1, -0.05) is 60.7 Å². The second-order valence-corrected chi connectivity index (χ2v) is 8.01. The number of carbonyl (C=O) groups excluding carboxylic acids is 1. The number of Topliss-reactive ketones (excluding diaryl/α,β-unsaturated/α-hetero) is 1. The molecule has 0 aliphatic heterocycles. The molecule has 0 spiro atoms. The number of rotatable bonds is 6. The Balaban J connectivity index is 2.07. The van der Waals surface area contributed by atoms with Gasteiger partial charge in [-0.2, -0.15) is 0 Å². The zero-order valence-electron chi connectivity index (χ0n) is 18.6. The third-order valence-corrected chi connectivity index (χ3v) is 5.87. The number of hydrogen-bond acceptors (Lipinski definition) is 4. The van der Waals surface area contributed by atoms with Crippen molar-refractivity contribution in [1.29, 1.82) is 0 Å². The minimum atomic E-state index is -0.936. The molecule has 2 aromatic carbocycles. The van der Waals surface area contributed by atoms with Gasteiger partial charge in [0.05, 0.1) is 13.0 Å². The van der Waals surface area contributed by atoms with Gasteiger partial charge in [-0.25, -0.2) is 13.9 Å². The summed E-state index contributed by atoms with van der Waals surface area (Å²) in [5.74, 6) is -1.89. The summed E-state index contributed by atoms with van der Waals surface area (Å²) in [6.07, 6.45) is 5.25. The molecule has 0 aliphatic rings. The van der Waals surface area contributed by atoms with Gasteiger partial charge >= 0.3 is 5.69 Å². The number of ketones is 1. The van der Waals surface area contributed by atoms with Crippen LogP contribution in [0, 0.1) is 0 Å². The molecule has 0 fully saturated rings. The number of benzene rings is 2. The molecule has 0 saturated heterocycles. The van der Waals surface area contributed by atoms with Gasteiger partial charge in [0, 0.05) is 25.2 Å². The highest BCUT2D eigenvalue weighted by Gasteiger charge is 2.39. The lowest BCUT2D eigenvalue weighted by Crippen LogP contribution is -2.43. The quantitative estimate of drug-likeness (QED) is 0.328. The Bertz CT molecular complexity index is 1420. The zero-order valence-corrected chi connectivity index (χ0v) is 18.6. The van der Waals surface area contributed by atoms with E-state index in [0.29, 0.717) is 11.1 Å². The summed E-state index contributed by atoms with van der Waals surface area (Å²) >= 11 is 0. The Morgan fingerprint density at radius 3 is 2.12 bits per heavy atom. The van der Waals surface area contributed by atoms with Crippen LogP contribution >= 0.6 is 0 Å². The Labute approximate surface area is 190 Å². The Morgan fingerprint density at radius 2 is 1.55 bits per heavy atom. The van der Waals surface area contributed by atoms with Crippen LogP contribution in [0.5, 0.6) is 5.88 Å². The van der Waals surface area contributed by atoms with Crippen molar-refractivity contribution in [3.05, 3.63) is 117 Å². The maximum Gasteiger partial charge on any atom is 0.329 e. The van der Waals surface area contributed by atoms with E-state index in [1.807, 2.05) is 19.2 Å². The molecule has 168 valence electrons. The van der Waals surface area contributed by atoms with Crippen molar-refractivity contribution in [3.8, 4) is 5.88 Å². The first-order chi connectivity index (χ1) is 15.8. The highest BCUT2D eigenvalue weighted by molar-refractivity contribution is 6.00. The molecule has 0 bridgehead atoms. The number of carbonyl (C=O) groups is 1. The molecule has 4 rings (SSSR count). The third-order valence-electron chi connectivity index (χ3n) is 5.87. The van der Waals surface area contributed by atoms with Crippen molar-refractivity contribution >= 4 is 5.78 Å². The van der Waals surface area contributed by atoms with Gasteiger partial charge in [0.25, 0.3) is 5.56 Å². The summed E-state index contributed by atoms with van der Waals surface area (Å²) in [7, 11) is 4.49. The van der Waals surface area contributed by atoms with E-state index in [2.05, 4.69) is 0 Å². The van der Waals surface area contributed by atoms with E-state index in [1.54, 1.807) is 76.4 Å². The Kier molecular flexibility index (Phi) is 5.83. The van der Waals surface area contributed by atoms with Crippen LogP contribution in [0.15, 0.2) is 89.0 Å².